The van der Waals surface area contributed by atoms with Gasteiger partial charge in [-0.05, 0) is 61.4 Å². The van der Waals surface area contributed by atoms with Crippen LogP contribution in [-0.2, 0) is 10.0 Å². The minimum Gasteiger partial charge on any atom is -0.456 e. The number of nitrogen functional groups attached to an aromatic ring is 1. The number of rotatable bonds is 5. The van der Waals surface area contributed by atoms with Gasteiger partial charge in [0.2, 0.25) is 10.0 Å². The van der Waals surface area contributed by atoms with Gasteiger partial charge in [-0.3, -0.25) is 0 Å². The zero-order valence-corrected chi connectivity index (χ0v) is 20.6. The Morgan fingerprint density at radius 2 is 1.94 bits per heavy atom. The zero-order chi connectivity index (χ0) is 25.3. The Kier molecular flexibility index (Phi) is 6.54. The van der Waals surface area contributed by atoms with Crippen LogP contribution in [-0.4, -0.2) is 19.9 Å². The van der Waals surface area contributed by atoms with Crippen molar-refractivity contribution in [1.82, 2.24) is 4.98 Å². The van der Waals surface area contributed by atoms with Crippen molar-refractivity contribution >= 4 is 33.1 Å². The Hall–Kier alpha value is -3.84. The fourth-order valence-corrected chi connectivity index (χ4v) is 4.81. The van der Waals surface area contributed by atoms with E-state index in [1.807, 2.05) is 18.7 Å². The van der Waals surface area contributed by atoms with Crippen LogP contribution >= 0.6 is 11.6 Å². The molecule has 2 aromatic carbocycles. The predicted molar refractivity (Wildman–Crippen MR) is 136 cm³/mol. The van der Waals surface area contributed by atoms with Crippen molar-refractivity contribution in [2.45, 2.75) is 18.7 Å². The number of sulfonamides is 1. The third-order valence-corrected chi connectivity index (χ3v) is 6.75. The Bertz CT molecular complexity index is 1540. The standard InChI is InChI=1S/C25H22ClN5O3S/c1-15-11-17(25(28)30-13-15)24-20(6-4-8-23(24)35(29,32)33)31-10-9-21(16(2)14-31)34-22-7-3-5-19(26)18(22)12-27/h3-11,13H,14H2,1-2H3,(H2,28,30)(H2,29,32,33). The van der Waals surface area contributed by atoms with Crippen molar-refractivity contribution in [3.63, 3.8) is 0 Å². The molecule has 35 heavy (non-hydrogen) atoms. The first-order chi connectivity index (χ1) is 16.6. The lowest BCUT2D eigenvalue weighted by Gasteiger charge is -2.29. The molecule has 0 saturated heterocycles. The number of nitrogens with zero attached hydrogens (tertiary/aromatic N) is 3. The number of primary sulfonamides is 1. The van der Waals surface area contributed by atoms with E-state index in [-0.39, 0.29) is 16.3 Å². The molecule has 4 rings (SSSR count). The molecule has 2 heterocycles. The maximum atomic E-state index is 12.5. The highest BCUT2D eigenvalue weighted by Crippen LogP contribution is 2.40. The van der Waals surface area contributed by atoms with Crippen molar-refractivity contribution in [1.29, 1.82) is 5.26 Å². The van der Waals surface area contributed by atoms with Crippen molar-refractivity contribution in [3.8, 4) is 22.9 Å². The summed E-state index contributed by atoms with van der Waals surface area (Å²) in [7, 11) is -4.06. The van der Waals surface area contributed by atoms with E-state index < -0.39 is 10.0 Å². The Morgan fingerprint density at radius 1 is 1.20 bits per heavy atom. The van der Waals surface area contributed by atoms with Gasteiger partial charge in [-0.15, -0.1) is 0 Å². The number of halogens is 1. The number of nitrogens with two attached hydrogens (primary N) is 2. The van der Waals surface area contributed by atoms with E-state index in [9.17, 15) is 13.7 Å². The van der Waals surface area contributed by atoms with Gasteiger partial charge in [0.1, 0.15) is 29.0 Å². The molecule has 0 spiro atoms. The van der Waals surface area contributed by atoms with Crippen LogP contribution < -0.4 is 20.5 Å². The van der Waals surface area contributed by atoms with Crippen LogP contribution in [0, 0.1) is 18.3 Å². The predicted octanol–water partition coefficient (Wildman–Crippen LogP) is 4.50. The summed E-state index contributed by atoms with van der Waals surface area (Å²) >= 11 is 6.12. The molecule has 0 saturated carbocycles. The molecule has 0 aliphatic carbocycles. The van der Waals surface area contributed by atoms with Crippen LogP contribution in [0.3, 0.4) is 0 Å². The van der Waals surface area contributed by atoms with E-state index >= 15 is 0 Å². The van der Waals surface area contributed by atoms with Crippen molar-refractivity contribution in [3.05, 3.63) is 88.4 Å². The number of allylic oxidation sites excluding steroid dienone is 1. The number of nitriles is 1. The van der Waals surface area contributed by atoms with E-state index in [1.54, 1.807) is 54.9 Å². The van der Waals surface area contributed by atoms with Gasteiger partial charge in [0.05, 0.1) is 15.6 Å². The first-order valence-corrected chi connectivity index (χ1v) is 12.4. The maximum Gasteiger partial charge on any atom is 0.238 e. The molecule has 0 fully saturated rings. The average Bonchev–Trinajstić information content (AvgIpc) is 2.81. The summed E-state index contributed by atoms with van der Waals surface area (Å²) in [5.41, 5.74) is 9.50. The molecule has 10 heteroatoms. The molecule has 0 radical (unpaired) electrons. The van der Waals surface area contributed by atoms with Gasteiger partial charge in [0.15, 0.2) is 0 Å². The second kappa shape index (κ2) is 9.43. The fourth-order valence-electron chi connectivity index (χ4n) is 3.84. The van der Waals surface area contributed by atoms with E-state index in [4.69, 9.17) is 27.2 Å². The zero-order valence-electron chi connectivity index (χ0n) is 19.0. The molecular formula is C25H22ClN5O3S. The van der Waals surface area contributed by atoms with Gasteiger partial charge >= 0.3 is 0 Å². The number of benzene rings is 2. The molecule has 0 amide bonds. The lowest BCUT2D eigenvalue weighted by atomic mass is 10.0. The van der Waals surface area contributed by atoms with Gasteiger partial charge in [-0.1, -0.05) is 23.7 Å². The highest BCUT2D eigenvalue weighted by atomic mass is 35.5. The SMILES string of the molecule is CC1=C(Oc2cccc(Cl)c2C#N)C=CN(c2cccc(S(N)(=O)=O)c2-c2cc(C)cnc2N)C1. The summed E-state index contributed by atoms with van der Waals surface area (Å²) < 4.78 is 31.0. The van der Waals surface area contributed by atoms with Crippen LogP contribution in [0.2, 0.25) is 5.02 Å². The number of aryl methyl sites for hydroxylation is 1. The monoisotopic (exact) mass is 507 g/mol. The van der Waals surface area contributed by atoms with Crippen LogP contribution in [0.15, 0.2) is 77.2 Å². The van der Waals surface area contributed by atoms with Crippen LogP contribution in [0.4, 0.5) is 11.5 Å². The number of pyridine rings is 1. The van der Waals surface area contributed by atoms with Gasteiger partial charge in [0, 0.05) is 30.1 Å². The second-order valence-electron chi connectivity index (χ2n) is 8.06. The average molecular weight is 508 g/mol. The summed E-state index contributed by atoms with van der Waals surface area (Å²) in [6, 6.07) is 13.7. The number of anilines is 2. The van der Waals surface area contributed by atoms with E-state index in [0.717, 1.165) is 11.1 Å². The normalized spacial score (nSPS) is 13.6. The number of hydrogen-bond donors (Lipinski definition) is 2. The molecule has 1 aliphatic heterocycles. The molecule has 1 aromatic heterocycles. The molecule has 178 valence electrons. The summed E-state index contributed by atoms with van der Waals surface area (Å²) in [6.07, 6.45) is 5.12. The highest BCUT2D eigenvalue weighted by Gasteiger charge is 2.25. The van der Waals surface area contributed by atoms with Crippen molar-refractivity contribution in [2.75, 3.05) is 17.2 Å². The lowest BCUT2D eigenvalue weighted by Crippen LogP contribution is -2.25. The van der Waals surface area contributed by atoms with E-state index in [1.165, 1.54) is 6.07 Å². The van der Waals surface area contributed by atoms with Crippen molar-refractivity contribution < 1.29 is 13.2 Å². The minimum absolute atomic E-state index is 0.0521. The van der Waals surface area contributed by atoms with Gasteiger partial charge in [-0.2, -0.15) is 5.26 Å². The number of ether oxygens (including phenoxy) is 1. The molecule has 3 aromatic rings. The van der Waals surface area contributed by atoms with Crippen LogP contribution in [0.1, 0.15) is 18.1 Å². The third kappa shape index (κ3) is 4.86. The third-order valence-electron chi connectivity index (χ3n) is 5.49. The smallest absolute Gasteiger partial charge is 0.238 e. The summed E-state index contributed by atoms with van der Waals surface area (Å²) in [4.78, 5) is 6.02. The molecule has 4 N–H and O–H groups in total. The topological polar surface area (TPSA) is 135 Å². The second-order valence-corrected chi connectivity index (χ2v) is 9.99. The molecule has 0 unspecified atom stereocenters. The molecule has 8 nitrogen and oxygen atoms in total. The largest absolute Gasteiger partial charge is 0.456 e. The van der Waals surface area contributed by atoms with Crippen molar-refractivity contribution in [2.24, 2.45) is 5.14 Å². The minimum atomic E-state index is -4.06. The van der Waals surface area contributed by atoms with Crippen LogP contribution in [0.5, 0.6) is 5.75 Å². The molecule has 1 aliphatic rings. The Labute approximate surface area is 208 Å². The number of aromatic nitrogens is 1. The highest BCUT2D eigenvalue weighted by molar-refractivity contribution is 7.89. The number of hydrogen-bond acceptors (Lipinski definition) is 7. The van der Waals surface area contributed by atoms with E-state index in [0.29, 0.717) is 39.9 Å². The molecule has 0 atom stereocenters. The van der Waals surface area contributed by atoms with Gasteiger partial charge in [-0.25, -0.2) is 18.5 Å². The molecular weight excluding hydrogens is 486 g/mol. The Morgan fingerprint density at radius 3 is 2.63 bits per heavy atom. The quantitative estimate of drug-likeness (QED) is 0.519. The first kappa shape index (κ1) is 24.3. The Balaban J connectivity index is 1.77. The summed E-state index contributed by atoms with van der Waals surface area (Å²) in [5.74, 6) is 1.10. The fraction of sp³-hybridized carbons (Fsp3) is 0.120. The summed E-state index contributed by atoms with van der Waals surface area (Å²) in [5, 5.41) is 15.3. The van der Waals surface area contributed by atoms with E-state index in [2.05, 4.69) is 11.1 Å². The lowest BCUT2D eigenvalue weighted by molar-refractivity contribution is 0.433. The maximum absolute atomic E-state index is 12.5. The van der Waals surface area contributed by atoms with Gasteiger partial charge < -0.3 is 15.4 Å². The summed E-state index contributed by atoms with van der Waals surface area (Å²) in [6.45, 7) is 4.11. The first-order valence-electron chi connectivity index (χ1n) is 10.5. The van der Waals surface area contributed by atoms with Crippen LogP contribution in [0.25, 0.3) is 11.1 Å². The molecule has 0 bridgehead atoms. The van der Waals surface area contributed by atoms with Gasteiger partial charge in [0.25, 0.3) is 0 Å².